The Kier molecular flexibility index (Phi) is 12.3. The number of thioether (sulfide) groups is 2. The zero-order valence-electron chi connectivity index (χ0n) is 32.6. The van der Waals surface area contributed by atoms with E-state index in [-0.39, 0.29) is 22.9 Å². The van der Waals surface area contributed by atoms with Crippen molar-refractivity contribution in [2.75, 3.05) is 25.2 Å². The molecule has 14 nitrogen and oxygen atoms in total. The molecule has 5 heterocycles. The number of oxime groups is 1. The molecule has 0 aliphatic carbocycles. The predicted octanol–water partition coefficient (Wildman–Crippen LogP) is 6.56. The van der Waals surface area contributed by atoms with Crippen LogP contribution >= 0.6 is 34.9 Å². The van der Waals surface area contributed by atoms with E-state index in [9.17, 15) is 19.2 Å². The summed E-state index contributed by atoms with van der Waals surface area (Å²) in [5.74, 6) is -2.15. The highest BCUT2D eigenvalue weighted by Gasteiger charge is 2.53. The van der Waals surface area contributed by atoms with Crippen molar-refractivity contribution in [2.24, 2.45) is 5.16 Å². The number of furan rings is 1. The molecule has 61 heavy (non-hydrogen) atoms. The Morgan fingerprint density at radius 1 is 0.934 bits per heavy atom. The van der Waals surface area contributed by atoms with Crippen LogP contribution in [0.4, 0.5) is 5.13 Å². The Labute approximate surface area is 363 Å². The number of thiazole rings is 1. The molecule has 1 saturated heterocycles. The van der Waals surface area contributed by atoms with E-state index in [0.717, 1.165) is 28.5 Å². The van der Waals surface area contributed by atoms with Crippen LogP contribution in [0.25, 0.3) is 0 Å². The van der Waals surface area contributed by atoms with Crippen LogP contribution in [-0.4, -0.2) is 86.1 Å². The van der Waals surface area contributed by atoms with Crippen LogP contribution in [0, 0.1) is 0 Å². The first-order valence-electron chi connectivity index (χ1n) is 18.8. The lowest BCUT2D eigenvalue weighted by Gasteiger charge is -2.48. The van der Waals surface area contributed by atoms with Crippen LogP contribution in [0.1, 0.15) is 32.9 Å². The Bertz CT molecular complexity index is 2460. The van der Waals surface area contributed by atoms with Crippen molar-refractivity contribution in [3.05, 3.63) is 179 Å². The first-order valence-corrected chi connectivity index (χ1v) is 21.6. The summed E-state index contributed by atoms with van der Waals surface area (Å²) >= 11 is 3.76. The van der Waals surface area contributed by atoms with Gasteiger partial charge in [0.05, 0.1) is 6.26 Å². The first-order chi connectivity index (χ1) is 29.8. The molecule has 0 spiro atoms. The molecule has 2 N–H and O–H groups in total. The van der Waals surface area contributed by atoms with Crippen molar-refractivity contribution >= 4 is 69.4 Å². The van der Waals surface area contributed by atoms with Gasteiger partial charge in [-0.25, -0.2) is 9.78 Å². The molecule has 2 aliphatic rings. The number of ether oxygens (including phenoxy) is 1. The Morgan fingerprint density at radius 3 is 2.16 bits per heavy atom. The number of esters is 1. The molecule has 3 atom stereocenters. The molecular weight excluding hydrogens is 835 g/mol. The second kappa shape index (κ2) is 18.3. The average molecular weight is 872 g/mol. The number of aromatic nitrogens is 2. The number of pyridine rings is 1. The van der Waals surface area contributed by atoms with Crippen LogP contribution in [0.15, 0.2) is 166 Å². The van der Waals surface area contributed by atoms with E-state index in [4.69, 9.17) is 19.0 Å². The number of nitrogens with zero attached hydrogens (tertiary/aromatic N) is 5. The van der Waals surface area contributed by atoms with Crippen molar-refractivity contribution in [1.29, 1.82) is 0 Å². The highest BCUT2D eigenvalue weighted by atomic mass is 32.2. The van der Waals surface area contributed by atoms with Crippen LogP contribution in [-0.2, 0) is 29.5 Å². The number of anilines is 1. The van der Waals surface area contributed by atoms with E-state index in [0.29, 0.717) is 15.8 Å². The molecule has 2 aliphatic heterocycles. The van der Waals surface area contributed by atoms with Crippen molar-refractivity contribution in [1.82, 2.24) is 25.1 Å². The Morgan fingerprint density at radius 2 is 1.57 bits per heavy atom. The maximum absolute atomic E-state index is 14.0. The van der Waals surface area contributed by atoms with Gasteiger partial charge in [-0.15, -0.1) is 23.1 Å². The number of β-lactam (4-membered cyclic amide) rings is 1. The zero-order chi connectivity index (χ0) is 42.3. The lowest BCUT2D eigenvalue weighted by molar-refractivity contribution is -0.155. The van der Waals surface area contributed by atoms with E-state index in [1.807, 2.05) is 54.6 Å². The molecule has 0 saturated carbocycles. The summed E-state index contributed by atoms with van der Waals surface area (Å²) in [5.41, 5.74) is 0.994. The van der Waals surface area contributed by atoms with Gasteiger partial charge in [-0.3, -0.25) is 29.2 Å². The fraction of sp³-hybridized carbons (Fsp3) is 0.159. The maximum Gasteiger partial charge on any atom is 0.357 e. The molecule has 17 heteroatoms. The lowest BCUT2D eigenvalue weighted by atomic mass is 9.77. The molecule has 0 bridgehead atoms. The molecule has 8 rings (SSSR count). The highest BCUT2D eigenvalue weighted by Crippen LogP contribution is 2.41. The lowest BCUT2D eigenvalue weighted by Crippen LogP contribution is -2.70. The smallest absolute Gasteiger partial charge is 0.357 e. The number of rotatable bonds is 15. The summed E-state index contributed by atoms with van der Waals surface area (Å²) in [5, 5.41) is 12.1. The van der Waals surface area contributed by atoms with Crippen molar-refractivity contribution in [3.8, 4) is 0 Å². The van der Waals surface area contributed by atoms with E-state index in [2.05, 4.69) is 57.2 Å². The molecule has 308 valence electrons. The normalized spacial score (nSPS) is 16.6. The number of hydrogen-bond donors (Lipinski definition) is 2. The molecule has 3 aromatic heterocycles. The molecule has 6 aromatic rings. The Balaban J connectivity index is 0.992. The van der Waals surface area contributed by atoms with Crippen LogP contribution < -0.4 is 10.6 Å². The molecule has 2 unspecified atom stereocenters. The largest absolute Gasteiger partial charge is 0.459 e. The number of hydrogen-bond acceptors (Lipinski definition) is 14. The molecule has 3 amide bonds. The number of benzene rings is 3. The van der Waals surface area contributed by atoms with Gasteiger partial charge < -0.3 is 24.6 Å². The molecule has 1 fully saturated rings. The van der Waals surface area contributed by atoms with E-state index in [1.54, 1.807) is 42.0 Å². The van der Waals surface area contributed by atoms with Gasteiger partial charge in [0.1, 0.15) is 35.5 Å². The monoisotopic (exact) mass is 871 g/mol. The minimum atomic E-state index is -1.14. The van der Waals surface area contributed by atoms with Gasteiger partial charge in [-0.05, 0) is 47.0 Å². The second-order valence-electron chi connectivity index (χ2n) is 13.5. The number of carbonyl (C=O) groups excluding carboxylic acids is 4. The quantitative estimate of drug-likeness (QED) is 0.0217. The molecule has 3 aromatic carbocycles. The van der Waals surface area contributed by atoms with Gasteiger partial charge in [-0.2, -0.15) is 0 Å². The van der Waals surface area contributed by atoms with Gasteiger partial charge in [0.2, 0.25) is 5.56 Å². The van der Waals surface area contributed by atoms with Gasteiger partial charge in [-0.1, -0.05) is 108 Å². The molecule has 0 radical (unpaired) electrons. The predicted molar refractivity (Wildman–Crippen MR) is 232 cm³/mol. The number of carbonyl (C=O) groups is 4. The van der Waals surface area contributed by atoms with Crippen LogP contribution in [0.2, 0.25) is 0 Å². The third-order valence-electron chi connectivity index (χ3n) is 9.86. The average Bonchev–Trinajstić information content (AvgIpc) is 4.03. The molecular formula is C44H37N7O7S3. The summed E-state index contributed by atoms with van der Waals surface area (Å²) in [6.07, 6.45) is 6.12. The van der Waals surface area contributed by atoms with Crippen LogP contribution in [0.5, 0.6) is 0 Å². The highest BCUT2D eigenvalue weighted by molar-refractivity contribution is 8.00. The minimum Gasteiger partial charge on any atom is -0.459 e. The van der Waals surface area contributed by atoms with Gasteiger partial charge in [0, 0.05) is 35.5 Å². The number of amides is 3. The third-order valence-corrected chi connectivity index (χ3v) is 13.0. The van der Waals surface area contributed by atoms with E-state index in [1.165, 1.54) is 59.4 Å². The van der Waals surface area contributed by atoms with E-state index >= 15 is 0 Å². The topological polar surface area (TPSA) is 169 Å². The van der Waals surface area contributed by atoms with Gasteiger partial charge in [0.25, 0.3) is 17.7 Å². The fourth-order valence-corrected chi connectivity index (χ4v) is 9.80. The van der Waals surface area contributed by atoms with Crippen molar-refractivity contribution in [2.45, 2.75) is 27.4 Å². The van der Waals surface area contributed by atoms with Crippen molar-refractivity contribution in [3.63, 3.8) is 0 Å². The Hall–Kier alpha value is -6.69. The third kappa shape index (κ3) is 8.39. The fourth-order valence-electron chi connectivity index (χ4n) is 6.95. The van der Waals surface area contributed by atoms with Gasteiger partial charge >= 0.3 is 5.97 Å². The van der Waals surface area contributed by atoms with Crippen LogP contribution in [0.3, 0.4) is 0 Å². The second-order valence-corrected chi connectivity index (χ2v) is 16.6. The first kappa shape index (κ1) is 41.1. The number of nitrogens with one attached hydrogen (secondary N) is 2. The summed E-state index contributed by atoms with van der Waals surface area (Å²) in [4.78, 5) is 72.0. The summed E-state index contributed by atoms with van der Waals surface area (Å²) < 4.78 is 11.2. The maximum atomic E-state index is 14.0. The SMILES string of the molecule is CO/N=C(\C(=O)NC1C(=O)N2C(C(=O)OC(Sc3ccncc3)N(C)C(=O)c3ccco3)=CCS[C@@H]12)c1csc(NC(c2ccccc2)(c2ccccc2)c2ccccc2)n1. The van der Waals surface area contributed by atoms with E-state index < -0.39 is 46.2 Å². The summed E-state index contributed by atoms with van der Waals surface area (Å²) in [6, 6.07) is 35.6. The summed E-state index contributed by atoms with van der Waals surface area (Å²) in [6.45, 7) is 0. The minimum absolute atomic E-state index is 0.00171. The van der Waals surface area contributed by atoms with Crippen molar-refractivity contribution < 1.29 is 33.2 Å². The zero-order valence-corrected chi connectivity index (χ0v) is 35.1. The van der Waals surface area contributed by atoms with Gasteiger partial charge in [0.15, 0.2) is 16.6 Å². The summed E-state index contributed by atoms with van der Waals surface area (Å²) in [7, 11) is 2.80. The standard InChI is InChI=1S/C44H37N7O7S3/c1-50(38(53)34-19-12-25-57-34)43(61-31-20-23-45-24-21-31)58-41(55)33-22-26-59-40-36(39(54)51(33)40)47-37(52)35(49-56-2)32-27-60-42(46-32)48-44(28-13-6-3-7-14-28,29-15-8-4-9-16-29)30-17-10-5-11-18-30/h3-25,27,36,40,43H,26H2,1-2H3,(H,46,48)(H,47,52)/b49-35-/t36?,40-,43?/m0/s1. The number of fused-ring (bicyclic) bond motifs is 1.